The summed E-state index contributed by atoms with van der Waals surface area (Å²) in [6.07, 6.45) is 4.67. The summed E-state index contributed by atoms with van der Waals surface area (Å²) in [7, 11) is 3.57. The van der Waals surface area contributed by atoms with Gasteiger partial charge < -0.3 is 15.0 Å². The highest BCUT2D eigenvalue weighted by Crippen LogP contribution is 2.30. The first kappa shape index (κ1) is 20.2. The largest absolute Gasteiger partial charge is 0.380 e. The van der Waals surface area contributed by atoms with E-state index in [9.17, 15) is 4.79 Å². The number of pyridine rings is 1. The summed E-state index contributed by atoms with van der Waals surface area (Å²) in [6, 6.07) is 3.88. The summed E-state index contributed by atoms with van der Waals surface area (Å²) in [6.45, 7) is 6.69. The molecule has 2 aromatic heterocycles. The Morgan fingerprint density at radius 3 is 2.79 bits per heavy atom. The highest BCUT2D eigenvalue weighted by molar-refractivity contribution is 5.82. The van der Waals surface area contributed by atoms with Gasteiger partial charge in [-0.3, -0.25) is 9.78 Å². The van der Waals surface area contributed by atoms with Crippen molar-refractivity contribution in [3.05, 3.63) is 35.2 Å². The molecule has 0 aromatic carbocycles. The second kappa shape index (κ2) is 8.22. The summed E-state index contributed by atoms with van der Waals surface area (Å²) < 4.78 is 5.22. The standard InChI is InChI=1S/C21H29N5O2/c1-21(2,3)25-18(27)12-26(4)20-15-7-6-8-16(15)23-19(24-20)17-11-14(13-28-5)9-10-22-17/h9-11H,6-8,12-13H2,1-5H3,(H,25,27). The maximum absolute atomic E-state index is 12.4. The van der Waals surface area contributed by atoms with Crippen molar-refractivity contribution in [2.75, 3.05) is 25.6 Å². The molecule has 28 heavy (non-hydrogen) atoms. The van der Waals surface area contributed by atoms with Gasteiger partial charge >= 0.3 is 0 Å². The van der Waals surface area contributed by atoms with Gasteiger partial charge in [-0.25, -0.2) is 9.97 Å². The van der Waals surface area contributed by atoms with Gasteiger partial charge in [-0.2, -0.15) is 0 Å². The second-order valence-electron chi connectivity index (χ2n) is 8.29. The van der Waals surface area contributed by atoms with E-state index in [0.29, 0.717) is 12.4 Å². The number of methoxy groups -OCH3 is 1. The van der Waals surface area contributed by atoms with Gasteiger partial charge in [0.15, 0.2) is 5.82 Å². The lowest BCUT2D eigenvalue weighted by Gasteiger charge is -2.25. The molecule has 1 aliphatic carbocycles. The molecule has 0 fully saturated rings. The van der Waals surface area contributed by atoms with E-state index >= 15 is 0 Å². The molecule has 0 atom stereocenters. The van der Waals surface area contributed by atoms with E-state index in [4.69, 9.17) is 14.7 Å². The third-order valence-electron chi connectivity index (χ3n) is 4.53. The summed E-state index contributed by atoms with van der Waals surface area (Å²) in [5.74, 6) is 1.39. The predicted octanol–water partition coefficient (Wildman–Crippen LogP) is 2.52. The quantitative estimate of drug-likeness (QED) is 0.826. The average Bonchev–Trinajstić information content (AvgIpc) is 3.08. The minimum absolute atomic E-state index is 0.0258. The van der Waals surface area contributed by atoms with Crippen LogP contribution in [0.2, 0.25) is 0 Å². The fraction of sp³-hybridized carbons (Fsp3) is 0.524. The van der Waals surface area contributed by atoms with Gasteiger partial charge in [-0.1, -0.05) is 0 Å². The molecule has 1 aliphatic rings. The number of aryl methyl sites for hydroxylation is 1. The van der Waals surface area contributed by atoms with Crippen molar-refractivity contribution in [1.82, 2.24) is 20.3 Å². The van der Waals surface area contributed by atoms with Crippen LogP contribution >= 0.6 is 0 Å². The number of rotatable bonds is 6. The first-order chi connectivity index (χ1) is 13.3. The molecule has 0 unspecified atom stereocenters. The molecule has 0 bridgehead atoms. The number of hydrogen-bond acceptors (Lipinski definition) is 6. The Morgan fingerprint density at radius 2 is 2.07 bits per heavy atom. The Labute approximate surface area is 166 Å². The molecule has 3 rings (SSSR count). The van der Waals surface area contributed by atoms with E-state index in [1.807, 2.05) is 44.9 Å². The summed E-state index contributed by atoms with van der Waals surface area (Å²) in [5, 5.41) is 3.01. The van der Waals surface area contributed by atoms with Crippen LogP contribution in [0.25, 0.3) is 11.5 Å². The molecule has 2 aromatic rings. The molecule has 0 radical (unpaired) electrons. The second-order valence-corrected chi connectivity index (χ2v) is 8.29. The number of carbonyl (C=O) groups is 1. The number of carbonyl (C=O) groups excluding carboxylic acids is 1. The van der Waals surface area contributed by atoms with Crippen LogP contribution in [-0.2, 0) is 29.0 Å². The number of anilines is 1. The van der Waals surface area contributed by atoms with Crippen molar-refractivity contribution in [3.8, 4) is 11.5 Å². The van der Waals surface area contributed by atoms with E-state index in [1.165, 1.54) is 0 Å². The number of likely N-dealkylation sites (N-methyl/N-ethyl adjacent to an activating group) is 1. The number of fused-ring (bicyclic) bond motifs is 1. The van der Waals surface area contributed by atoms with E-state index < -0.39 is 0 Å². The SMILES string of the molecule is COCc1ccnc(-c2nc3c(c(N(C)CC(=O)NC(C)(C)C)n2)CCC3)c1. The Bertz CT molecular complexity index is 860. The zero-order chi connectivity index (χ0) is 20.3. The molecule has 1 amide bonds. The van der Waals surface area contributed by atoms with Crippen molar-refractivity contribution >= 4 is 11.7 Å². The number of nitrogens with zero attached hydrogens (tertiary/aromatic N) is 4. The molecule has 1 N–H and O–H groups in total. The van der Waals surface area contributed by atoms with Crippen LogP contribution in [0.1, 0.15) is 44.0 Å². The lowest BCUT2D eigenvalue weighted by Crippen LogP contribution is -2.45. The van der Waals surface area contributed by atoms with Crippen LogP contribution in [0.3, 0.4) is 0 Å². The van der Waals surface area contributed by atoms with E-state index in [1.54, 1.807) is 13.3 Å². The predicted molar refractivity (Wildman–Crippen MR) is 109 cm³/mol. The third kappa shape index (κ3) is 4.84. The van der Waals surface area contributed by atoms with Crippen LogP contribution in [0, 0.1) is 0 Å². The first-order valence-corrected chi connectivity index (χ1v) is 9.63. The fourth-order valence-corrected chi connectivity index (χ4v) is 3.44. The third-order valence-corrected chi connectivity index (χ3v) is 4.53. The number of ether oxygens (including phenoxy) is 1. The molecular weight excluding hydrogens is 354 g/mol. The summed E-state index contributed by atoms with van der Waals surface area (Å²) >= 11 is 0. The number of amides is 1. The molecule has 7 nitrogen and oxygen atoms in total. The van der Waals surface area contributed by atoms with Crippen LogP contribution < -0.4 is 10.2 Å². The first-order valence-electron chi connectivity index (χ1n) is 9.63. The number of aromatic nitrogens is 3. The van der Waals surface area contributed by atoms with Gasteiger partial charge in [-0.15, -0.1) is 0 Å². The molecular formula is C21H29N5O2. The van der Waals surface area contributed by atoms with E-state index in [2.05, 4.69) is 10.3 Å². The Kier molecular flexibility index (Phi) is 5.93. The van der Waals surface area contributed by atoms with Gasteiger partial charge in [0.1, 0.15) is 11.5 Å². The highest BCUT2D eigenvalue weighted by atomic mass is 16.5. The Morgan fingerprint density at radius 1 is 1.29 bits per heavy atom. The summed E-state index contributed by atoms with van der Waals surface area (Å²) in [4.78, 5) is 28.3. The molecule has 2 heterocycles. The fourth-order valence-electron chi connectivity index (χ4n) is 3.44. The van der Waals surface area contributed by atoms with Gasteiger partial charge in [0.2, 0.25) is 5.91 Å². The lowest BCUT2D eigenvalue weighted by molar-refractivity contribution is -0.121. The number of nitrogens with one attached hydrogen (secondary N) is 1. The van der Waals surface area contributed by atoms with Crippen molar-refractivity contribution in [2.24, 2.45) is 0 Å². The molecule has 150 valence electrons. The molecule has 0 saturated carbocycles. The van der Waals surface area contributed by atoms with Crippen molar-refractivity contribution in [2.45, 2.75) is 52.2 Å². The van der Waals surface area contributed by atoms with Crippen LogP contribution in [0.15, 0.2) is 18.3 Å². The molecule has 0 aliphatic heterocycles. The zero-order valence-electron chi connectivity index (χ0n) is 17.4. The van der Waals surface area contributed by atoms with E-state index in [-0.39, 0.29) is 18.0 Å². The highest BCUT2D eigenvalue weighted by Gasteiger charge is 2.24. The van der Waals surface area contributed by atoms with Gasteiger partial charge in [-0.05, 0) is 57.7 Å². The van der Waals surface area contributed by atoms with Gasteiger partial charge in [0.05, 0.1) is 13.2 Å². The zero-order valence-corrected chi connectivity index (χ0v) is 17.4. The van der Waals surface area contributed by atoms with Crippen LogP contribution in [0.4, 0.5) is 5.82 Å². The topological polar surface area (TPSA) is 80.2 Å². The van der Waals surface area contributed by atoms with Crippen molar-refractivity contribution < 1.29 is 9.53 Å². The monoisotopic (exact) mass is 383 g/mol. The minimum atomic E-state index is -0.261. The maximum atomic E-state index is 12.4. The van der Waals surface area contributed by atoms with Crippen molar-refractivity contribution in [1.29, 1.82) is 0 Å². The normalized spacial score (nSPS) is 13.3. The van der Waals surface area contributed by atoms with E-state index in [0.717, 1.165) is 47.6 Å². The summed E-state index contributed by atoms with van der Waals surface area (Å²) in [5.41, 5.74) is 3.68. The Hall–Kier alpha value is -2.54. The van der Waals surface area contributed by atoms with Crippen LogP contribution in [-0.4, -0.2) is 47.1 Å². The molecule has 0 spiro atoms. The molecule has 0 saturated heterocycles. The Balaban J connectivity index is 1.91. The van der Waals surface area contributed by atoms with Crippen molar-refractivity contribution in [3.63, 3.8) is 0 Å². The van der Waals surface area contributed by atoms with Gasteiger partial charge in [0, 0.05) is 37.2 Å². The average molecular weight is 383 g/mol. The van der Waals surface area contributed by atoms with Crippen LogP contribution in [0.5, 0.6) is 0 Å². The molecule has 7 heteroatoms. The number of hydrogen-bond donors (Lipinski definition) is 1. The van der Waals surface area contributed by atoms with Gasteiger partial charge in [0.25, 0.3) is 0 Å². The maximum Gasteiger partial charge on any atom is 0.239 e. The minimum Gasteiger partial charge on any atom is -0.380 e. The smallest absolute Gasteiger partial charge is 0.239 e. The lowest BCUT2D eigenvalue weighted by atomic mass is 10.1.